The van der Waals surface area contributed by atoms with E-state index >= 15 is 0 Å². The zero-order chi connectivity index (χ0) is 26.9. The van der Waals surface area contributed by atoms with Gasteiger partial charge in [0.1, 0.15) is 23.0 Å². The third-order valence-corrected chi connectivity index (χ3v) is 7.40. The molecule has 0 saturated carbocycles. The van der Waals surface area contributed by atoms with Crippen LogP contribution in [0.4, 0.5) is 0 Å². The van der Waals surface area contributed by atoms with E-state index in [0.717, 1.165) is 33.4 Å². The maximum atomic E-state index is 10.2. The second-order valence-corrected chi connectivity index (χ2v) is 9.98. The highest BCUT2D eigenvalue weighted by molar-refractivity contribution is 6.32. The summed E-state index contributed by atoms with van der Waals surface area (Å²) in [6.45, 7) is 0. The quantitative estimate of drug-likeness (QED) is 0.165. The van der Waals surface area contributed by atoms with E-state index in [1.54, 1.807) is 60.7 Å². The Morgan fingerprint density at radius 1 is 0.447 bits per heavy atom. The molecule has 4 nitrogen and oxygen atoms in total. The smallest absolute Gasteiger partial charge is 0.134 e. The van der Waals surface area contributed by atoms with Crippen LogP contribution in [0.25, 0.3) is 0 Å². The summed E-state index contributed by atoms with van der Waals surface area (Å²) in [6.07, 6.45) is 0.683. The second-order valence-electron chi connectivity index (χ2n) is 9.17. The van der Waals surface area contributed by atoms with Gasteiger partial charge < -0.3 is 20.4 Å². The van der Waals surface area contributed by atoms with E-state index in [4.69, 9.17) is 23.2 Å². The summed E-state index contributed by atoms with van der Waals surface area (Å²) in [7, 11) is 0. The van der Waals surface area contributed by atoms with Crippen molar-refractivity contribution in [1.29, 1.82) is 0 Å². The van der Waals surface area contributed by atoms with Gasteiger partial charge in [-0.2, -0.15) is 0 Å². The van der Waals surface area contributed by atoms with Crippen molar-refractivity contribution in [3.63, 3.8) is 0 Å². The Morgan fingerprint density at radius 2 is 0.789 bits per heavy atom. The summed E-state index contributed by atoms with van der Waals surface area (Å²) in [6, 6.07) is 32.3. The number of hydrogen-bond donors (Lipinski definition) is 4. The van der Waals surface area contributed by atoms with Gasteiger partial charge in [-0.25, -0.2) is 0 Å². The fourth-order valence-electron chi connectivity index (χ4n) is 4.91. The topological polar surface area (TPSA) is 80.9 Å². The van der Waals surface area contributed by atoms with Gasteiger partial charge in [0.05, 0.1) is 15.5 Å². The van der Waals surface area contributed by atoms with Crippen molar-refractivity contribution in [2.75, 3.05) is 0 Å². The standard InChI is InChI=1S/C32H24Cl2O4/c33-28-18-24(9-15-30(28)37)32(23-7-13-27(36)14-8-23,25-10-16-31(38)29(34)19-25)22-5-1-20(2-6-22)17-21-3-11-26(35)12-4-21/h1-16,18-19,35-38H,17H2. The number of hydrogen-bond acceptors (Lipinski definition) is 4. The summed E-state index contributed by atoms with van der Waals surface area (Å²) in [4.78, 5) is 0. The molecule has 190 valence electrons. The Bertz CT molecular complexity index is 1530. The first kappa shape index (κ1) is 25.5. The number of phenols is 4. The maximum absolute atomic E-state index is 10.2. The zero-order valence-electron chi connectivity index (χ0n) is 20.1. The molecule has 0 amide bonds. The van der Waals surface area contributed by atoms with Gasteiger partial charge in [0, 0.05) is 0 Å². The molecule has 0 aliphatic heterocycles. The molecule has 0 unspecified atom stereocenters. The lowest BCUT2D eigenvalue weighted by Gasteiger charge is -2.37. The first-order valence-electron chi connectivity index (χ1n) is 11.9. The molecule has 6 heteroatoms. The SMILES string of the molecule is Oc1ccc(Cc2ccc(C(c3ccc(O)cc3)(c3ccc(O)c(Cl)c3)c3ccc(O)c(Cl)c3)cc2)cc1. The van der Waals surface area contributed by atoms with Crippen molar-refractivity contribution in [2.24, 2.45) is 0 Å². The van der Waals surface area contributed by atoms with Crippen LogP contribution in [0.3, 0.4) is 0 Å². The fourth-order valence-corrected chi connectivity index (χ4v) is 5.27. The minimum absolute atomic E-state index is 0.0389. The van der Waals surface area contributed by atoms with Gasteiger partial charge in [-0.3, -0.25) is 0 Å². The third kappa shape index (κ3) is 4.76. The minimum atomic E-state index is -0.959. The predicted octanol–water partition coefficient (Wildman–Crippen LogP) is 7.79. The van der Waals surface area contributed by atoms with Crippen molar-refractivity contribution in [1.82, 2.24) is 0 Å². The highest BCUT2D eigenvalue weighted by atomic mass is 35.5. The van der Waals surface area contributed by atoms with Gasteiger partial charge in [0.25, 0.3) is 0 Å². The van der Waals surface area contributed by atoms with Crippen molar-refractivity contribution in [2.45, 2.75) is 11.8 Å². The molecule has 5 rings (SSSR count). The molecule has 0 saturated heterocycles. The third-order valence-electron chi connectivity index (χ3n) is 6.79. The Labute approximate surface area is 230 Å². The molecule has 0 aliphatic rings. The summed E-state index contributed by atoms with van der Waals surface area (Å²) in [5.74, 6) is 0.272. The zero-order valence-corrected chi connectivity index (χ0v) is 21.7. The van der Waals surface area contributed by atoms with E-state index < -0.39 is 5.41 Å². The van der Waals surface area contributed by atoms with Crippen LogP contribution < -0.4 is 0 Å². The molecule has 5 aromatic rings. The lowest BCUT2D eigenvalue weighted by Crippen LogP contribution is -2.31. The van der Waals surface area contributed by atoms with Crippen molar-refractivity contribution in [3.8, 4) is 23.0 Å². The van der Waals surface area contributed by atoms with Crippen molar-refractivity contribution < 1.29 is 20.4 Å². The van der Waals surface area contributed by atoms with E-state index in [1.165, 1.54) is 0 Å². The summed E-state index contributed by atoms with van der Waals surface area (Å²) in [5, 5.41) is 40.4. The molecule has 0 spiro atoms. The fraction of sp³-hybridized carbons (Fsp3) is 0.0625. The van der Waals surface area contributed by atoms with Crippen molar-refractivity contribution >= 4 is 23.2 Å². The first-order valence-corrected chi connectivity index (χ1v) is 12.7. The lowest BCUT2D eigenvalue weighted by atomic mass is 9.65. The predicted molar refractivity (Wildman–Crippen MR) is 151 cm³/mol. The first-order chi connectivity index (χ1) is 18.3. The highest BCUT2D eigenvalue weighted by Gasteiger charge is 2.39. The molecule has 5 aromatic carbocycles. The van der Waals surface area contributed by atoms with Gasteiger partial charge in [-0.1, -0.05) is 83.9 Å². The number of rotatable bonds is 6. The monoisotopic (exact) mass is 542 g/mol. The van der Waals surface area contributed by atoms with Crippen LogP contribution in [0.2, 0.25) is 10.0 Å². The number of benzene rings is 5. The molecule has 38 heavy (non-hydrogen) atoms. The number of aromatic hydroxyl groups is 4. The Hall–Kier alpha value is -4.12. The minimum Gasteiger partial charge on any atom is -0.508 e. The van der Waals surface area contributed by atoms with Gasteiger partial charge >= 0.3 is 0 Å². The summed E-state index contributed by atoms with van der Waals surface area (Å²) < 4.78 is 0. The van der Waals surface area contributed by atoms with Gasteiger partial charge in [-0.15, -0.1) is 0 Å². The number of phenolic OH excluding ortho intramolecular Hbond substituents is 4. The van der Waals surface area contributed by atoms with Gasteiger partial charge in [0.2, 0.25) is 0 Å². The van der Waals surface area contributed by atoms with Gasteiger partial charge in [0.15, 0.2) is 0 Å². The average molecular weight is 543 g/mol. The lowest BCUT2D eigenvalue weighted by molar-refractivity contribution is 0.474. The normalized spacial score (nSPS) is 11.4. The molecule has 0 fully saturated rings. The van der Waals surface area contributed by atoms with Crippen LogP contribution in [0.15, 0.2) is 109 Å². The van der Waals surface area contributed by atoms with Gasteiger partial charge in [-0.05, 0) is 88.3 Å². The Kier molecular flexibility index (Phi) is 6.94. The largest absolute Gasteiger partial charge is 0.508 e. The maximum Gasteiger partial charge on any atom is 0.134 e. The molecule has 0 radical (unpaired) electrons. The molecular formula is C32H24Cl2O4. The highest BCUT2D eigenvalue weighted by Crippen LogP contribution is 2.48. The van der Waals surface area contributed by atoms with E-state index in [9.17, 15) is 20.4 Å². The Morgan fingerprint density at radius 3 is 1.21 bits per heavy atom. The van der Waals surface area contributed by atoms with Crippen LogP contribution in [0.1, 0.15) is 33.4 Å². The molecule has 0 atom stereocenters. The molecule has 0 bridgehead atoms. The van der Waals surface area contributed by atoms with E-state index in [2.05, 4.69) is 0 Å². The van der Waals surface area contributed by atoms with E-state index in [-0.39, 0.29) is 33.0 Å². The summed E-state index contributed by atoms with van der Waals surface area (Å²) >= 11 is 12.8. The molecule has 0 aromatic heterocycles. The summed E-state index contributed by atoms with van der Waals surface area (Å²) in [5.41, 5.74) is 4.42. The van der Waals surface area contributed by atoms with Crippen LogP contribution in [0.5, 0.6) is 23.0 Å². The van der Waals surface area contributed by atoms with Crippen LogP contribution in [0, 0.1) is 0 Å². The van der Waals surface area contributed by atoms with E-state index in [0.29, 0.717) is 6.42 Å². The van der Waals surface area contributed by atoms with E-state index in [1.807, 2.05) is 48.5 Å². The Balaban J connectivity index is 1.75. The van der Waals surface area contributed by atoms with Crippen LogP contribution >= 0.6 is 23.2 Å². The van der Waals surface area contributed by atoms with Crippen LogP contribution in [-0.4, -0.2) is 20.4 Å². The average Bonchev–Trinajstić information content (AvgIpc) is 2.91. The van der Waals surface area contributed by atoms with Crippen molar-refractivity contribution in [3.05, 3.63) is 153 Å². The second kappa shape index (κ2) is 10.3. The molecule has 4 N–H and O–H groups in total. The molecular weight excluding hydrogens is 519 g/mol. The molecule has 0 aliphatic carbocycles. The number of halogens is 2. The molecule has 0 heterocycles. The van der Waals surface area contributed by atoms with Crippen LogP contribution in [-0.2, 0) is 11.8 Å².